The molecule has 2 nitrogen and oxygen atoms in total. The van der Waals surface area contributed by atoms with Gasteiger partial charge in [-0.05, 0) is 31.9 Å². The van der Waals surface area contributed by atoms with Crippen LogP contribution in [0.2, 0.25) is 0 Å². The predicted octanol–water partition coefficient (Wildman–Crippen LogP) is 2.78. The molecule has 1 atom stereocenters. The van der Waals surface area contributed by atoms with Crippen LogP contribution in [0.1, 0.15) is 30.3 Å². The van der Waals surface area contributed by atoms with Gasteiger partial charge in [0.05, 0.1) is 5.69 Å². The van der Waals surface area contributed by atoms with Crippen LogP contribution in [0.3, 0.4) is 0 Å². The van der Waals surface area contributed by atoms with E-state index < -0.39 is 0 Å². The van der Waals surface area contributed by atoms with Gasteiger partial charge in [-0.3, -0.25) is 4.98 Å². The van der Waals surface area contributed by atoms with Crippen molar-refractivity contribution in [3.8, 4) is 0 Å². The molecule has 0 radical (unpaired) electrons. The quantitative estimate of drug-likeness (QED) is 0.780. The highest BCUT2D eigenvalue weighted by Crippen LogP contribution is 2.13. The van der Waals surface area contributed by atoms with Crippen LogP contribution >= 0.6 is 12.4 Å². The number of hydrogen-bond donors (Lipinski definition) is 1. The normalized spacial score (nSPS) is 11.6. The summed E-state index contributed by atoms with van der Waals surface area (Å²) >= 11 is 0. The Morgan fingerprint density at radius 2 is 2.29 bits per heavy atom. The lowest BCUT2D eigenvalue weighted by Gasteiger charge is -2.09. The highest BCUT2D eigenvalue weighted by atomic mass is 35.5. The first-order chi connectivity index (χ1) is 6.24. The molecule has 0 aliphatic rings. The summed E-state index contributed by atoms with van der Waals surface area (Å²) < 4.78 is 0. The van der Waals surface area contributed by atoms with Crippen LogP contribution in [0.25, 0.3) is 0 Å². The molecule has 1 aromatic heterocycles. The van der Waals surface area contributed by atoms with Crippen molar-refractivity contribution in [2.75, 3.05) is 0 Å². The van der Waals surface area contributed by atoms with Crippen molar-refractivity contribution in [3.63, 3.8) is 0 Å². The van der Waals surface area contributed by atoms with Crippen LogP contribution in [0.5, 0.6) is 0 Å². The SMILES string of the molecule is C=CCC[C@H](N)c1cccc(C)n1.Cl. The molecule has 78 valence electrons. The van der Waals surface area contributed by atoms with Gasteiger partial charge in [0.1, 0.15) is 0 Å². The number of pyridine rings is 1. The Bertz CT molecular complexity index is 286. The van der Waals surface area contributed by atoms with Gasteiger partial charge in [0.2, 0.25) is 0 Å². The molecule has 1 aromatic rings. The molecule has 1 heterocycles. The Morgan fingerprint density at radius 1 is 1.57 bits per heavy atom. The molecule has 0 bridgehead atoms. The third-order valence-electron chi connectivity index (χ3n) is 1.97. The minimum Gasteiger partial charge on any atom is -0.323 e. The molecule has 14 heavy (non-hydrogen) atoms. The number of allylic oxidation sites excluding steroid dienone is 1. The Hall–Kier alpha value is -0.860. The fourth-order valence-electron chi connectivity index (χ4n) is 1.22. The summed E-state index contributed by atoms with van der Waals surface area (Å²) in [6, 6.07) is 5.98. The zero-order chi connectivity index (χ0) is 9.68. The number of aryl methyl sites for hydroxylation is 1. The van der Waals surface area contributed by atoms with Gasteiger partial charge in [-0.2, -0.15) is 0 Å². The van der Waals surface area contributed by atoms with E-state index in [1.165, 1.54) is 0 Å². The predicted molar refractivity (Wildman–Crippen MR) is 62.6 cm³/mol. The second-order valence-corrected chi connectivity index (χ2v) is 3.18. The number of nitrogens with two attached hydrogens (primary N) is 1. The van der Waals surface area contributed by atoms with Crippen molar-refractivity contribution in [3.05, 3.63) is 42.2 Å². The summed E-state index contributed by atoms with van der Waals surface area (Å²) in [5.74, 6) is 0. The van der Waals surface area contributed by atoms with Gasteiger partial charge in [0.25, 0.3) is 0 Å². The maximum atomic E-state index is 5.94. The third kappa shape index (κ3) is 3.90. The first kappa shape index (κ1) is 13.1. The molecule has 0 aliphatic carbocycles. The van der Waals surface area contributed by atoms with Gasteiger partial charge < -0.3 is 5.73 Å². The van der Waals surface area contributed by atoms with E-state index in [1.54, 1.807) is 0 Å². The van der Waals surface area contributed by atoms with Crippen molar-refractivity contribution in [2.24, 2.45) is 5.73 Å². The summed E-state index contributed by atoms with van der Waals surface area (Å²) in [6.07, 6.45) is 3.74. The van der Waals surface area contributed by atoms with Crippen LogP contribution in [-0.4, -0.2) is 4.98 Å². The first-order valence-corrected chi connectivity index (χ1v) is 4.54. The van der Waals surface area contributed by atoms with Crippen molar-refractivity contribution < 1.29 is 0 Å². The lowest BCUT2D eigenvalue weighted by atomic mass is 10.1. The second kappa shape index (κ2) is 6.57. The van der Waals surface area contributed by atoms with Crippen LogP contribution in [0, 0.1) is 6.92 Å². The third-order valence-corrected chi connectivity index (χ3v) is 1.97. The molecule has 0 fully saturated rings. The maximum Gasteiger partial charge on any atom is 0.0574 e. The molecule has 0 aromatic carbocycles. The van der Waals surface area contributed by atoms with E-state index in [-0.39, 0.29) is 18.4 Å². The van der Waals surface area contributed by atoms with Gasteiger partial charge in [-0.1, -0.05) is 12.1 Å². The summed E-state index contributed by atoms with van der Waals surface area (Å²) in [7, 11) is 0. The van der Waals surface area contributed by atoms with E-state index in [0.29, 0.717) is 0 Å². The fraction of sp³-hybridized carbons (Fsp3) is 0.364. The van der Waals surface area contributed by atoms with E-state index in [2.05, 4.69) is 11.6 Å². The number of nitrogens with zero attached hydrogens (tertiary/aromatic N) is 1. The minimum absolute atomic E-state index is 0. The fourth-order valence-corrected chi connectivity index (χ4v) is 1.22. The van der Waals surface area contributed by atoms with E-state index in [9.17, 15) is 0 Å². The number of halogens is 1. The molecule has 0 amide bonds. The molecule has 0 saturated carbocycles. The Labute approximate surface area is 91.6 Å². The van der Waals surface area contributed by atoms with Crippen molar-refractivity contribution in [1.82, 2.24) is 4.98 Å². The lowest BCUT2D eigenvalue weighted by molar-refractivity contribution is 0.640. The summed E-state index contributed by atoms with van der Waals surface area (Å²) in [6.45, 7) is 5.64. The molecule has 2 N–H and O–H groups in total. The highest BCUT2D eigenvalue weighted by molar-refractivity contribution is 5.85. The van der Waals surface area contributed by atoms with Crippen molar-refractivity contribution >= 4 is 12.4 Å². The number of hydrogen-bond acceptors (Lipinski definition) is 2. The summed E-state index contributed by atoms with van der Waals surface area (Å²) in [4.78, 5) is 4.37. The van der Waals surface area contributed by atoms with Crippen LogP contribution in [-0.2, 0) is 0 Å². The number of rotatable bonds is 4. The topological polar surface area (TPSA) is 38.9 Å². The largest absolute Gasteiger partial charge is 0.323 e. The van der Waals surface area contributed by atoms with Crippen LogP contribution in [0.15, 0.2) is 30.9 Å². The molecular weight excluding hydrogens is 196 g/mol. The minimum atomic E-state index is 0. The van der Waals surface area contributed by atoms with Gasteiger partial charge in [0, 0.05) is 11.7 Å². The summed E-state index contributed by atoms with van der Waals surface area (Å²) in [5, 5.41) is 0. The number of aromatic nitrogens is 1. The van der Waals surface area contributed by atoms with E-state index in [1.807, 2.05) is 31.2 Å². The standard InChI is InChI=1S/C11H16N2.ClH/c1-3-4-7-10(12)11-8-5-6-9(2)13-11;/h3,5-6,8,10H,1,4,7,12H2,2H3;1H/t10-;/m0./s1. The van der Waals surface area contributed by atoms with Gasteiger partial charge >= 0.3 is 0 Å². The Balaban J connectivity index is 0.00000169. The molecule has 0 aliphatic heterocycles. The molecular formula is C11H17ClN2. The van der Waals surface area contributed by atoms with Crippen LogP contribution in [0.4, 0.5) is 0 Å². The Kier molecular flexibility index (Phi) is 6.17. The average Bonchev–Trinajstić information content (AvgIpc) is 2.14. The molecule has 3 heteroatoms. The summed E-state index contributed by atoms with van der Waals surface area (Å²) in [5.41, 5.74) is 7.93. The van der Waals surface area contributed by atoms with Gasteiger partial charge in [0.15, 0.2) is 0 Å². The van der Waals surface area contributed by atoms with Crippen molar-refractivity contribution in [2.45, 2.75) is 25.8 Å². The highest BCUT2D eigenvalue weighted by Gasteiger charge is 2.05. The first-order valence-electron chi connectivity index (χ1n) is 4.54. The van der Waals surface area contributed by atoms with Gasteiger partial charge in [-0.25, -0.2) is 0 Å². The zero-order valence-electron chi connectivity index (χ0n) is 8.44. The molecule has 0 saturated heterocycles. The Morgan fingerprint density at radius 3 is 2.86 bits per heavy atom. The zero-order valence-corrected chi connectivity index (χ0v) is 9.26. The van der Waals surface area contributed by atoms with Gasteiger partial charge in [-0.15, -0.1) is 19.0 Å². The molecule has 1 rings (SSSR count). The smallest absolute Gasteiger partial charge is 0.0574 e. The monoisotopic (exact) mass is 212 g/mol. The lowest BCUT2D eigenvalue weighted by Crippen LogP contribution is -2.11. The van der Waals surface area contributed by atoms with Crippen LogP contribution < -0.4 is 5.73 Å². The van der Waals surface area contributed by atoms with E-state index >= 15 is 0 Å². The second-order valence-electron chi connectivity index (χ2n) is 3.18. The molecule has 0 unspecified atom stereocenters. The average molecular weight is 213 g/mol. The molecule has 0 spiro atoms. The van der Waals surface area contributed by atoms with E-state index in [0.717, 1.165) is 24.2 Å². The maximum absolute atomic E-state index is 5.94. The van der Waals surface area contributed by atoms with E-state index in [4.69, 9.17) is 5.73 Å². The van der Waals surface area contributed by atoms with Crippen molar-refractivity contribution in [1.29, 1.82) is 0 Å².